The van der Waals surface area contributed by atoms with E-state index in [1.54, 1.807) is 0 Å². The van der Waals surface area contributed by atoms with E-state index in [-0.39, 0.29) is 23.4 Å². The summed E-state index contributed by atoms with van der Waals surface area (Å²) >= 11 is 0. The van der Waals surface area contributed by atoms with Crippen molar-refractivity contribution in [2.45, 2.75) is 6.61 Å². The van der Waals surface area contributed by atoms with Crippen molar-refractivity contribution in [1.29, 1.82) is 0 Å². The molecule has 2 aromatic carbocycles. The van der Waals surface area contributed by atoms with E-state index in [9.17, 15) is 18.0 Å². The van der Waals surface area contributed by atoms with E-state index < -0.39 is 23.4 Å². The fourth-order valence-corrected chi connectivity index (χ4v) is 1.56. The smallest absolute Gasteiger partial charge is 0.341 e. The van der Waals surface area contributed by atoms with Gasteiger partial charge in [-0.2, -0.15) is 0 Å². The normalized spacial score (nSPS) is 10.3. The van der Waals surface area contributed by atoms with Crippen LogP contribution in [0, 0.1) is 17.5 Å². The molecule has 0 aliphatic carbocycles. The largest absolute Gasteiger partial charge is 0.457 e. The van der Waals surface area contributed by atoms with Gasteiger partial charge in [0.25, 0.3) is 0 Å². The van der Waals surface area contributed by atoms with Crippen LogP contribution < -0.4 is 5.73 Å². The first-order valence-corrected chi connectivity index (χ1v) is 5.63. The molecule has 0 spiro atoms. The first-order chi connectivity index (χ1) is 9.47. The molecule has 2 aromatic rings. The van der Waals surface area contributed by atoms with Gasteiger partial charge in [-0.25, -0.2) is 18.0 Å². The number of ether oxygens (including phenoxy) is 1. The Labute approximate surface area is 112 Å². The minimum atomic E-state index is -1.05. The molecule has 0 unspecified atom stereocenters. The molecular formula is C14H10F3NO2. The minimum Gasteiger partial charge on any atom is -0.457 e. The molecule has 2 N–H and O–H groups in total. The van der Waals surface area contributed by atoms with Gasteiger partial charge in [0.15, 0.2) is 11.6 Å². The Hall–Kier alpha value is -2.50. The number of esters is 1. The molecule has 0 heterocycles. The van der Waals surface area contributed by atoms with Crippen molar-refractivity contribution >= 4 is 11.7 Å². The van der Waals surface area contributed by atoms with Gasteiger partial charge in [0.2, 0.25) is 0 Å². The van der Waals surface area contributed by atoms with Crippen molar-refractivity contribution in [3.8, 4) is 0 Å². The molecule has 0 bridgehead atoms. The van der Waals surface area contributed by atoms with Gasteiger partial charge < -0.3 is 10.5 Å². The second-order valence-corrected chi connectivity index (χ2v) is 4.06. The number of nitrogen functional groups attached to an aromatic ring is 1. The van der Waals surface area contributed by atoms with Crippen LogP contribution in [-0.2, 0) is 11.3 Å². The molecule has 3 nitrogen and oxygen atoms in total. The summed E-state index contributed by atoms with van der Waals surface area (Å²) in [4.78, 5) is 11.7. The summed E-state index contributed by atoms with van der Waals surface area (Å²) in [5.74, 6) is -3.75. The van der Waals surface area contributed by atoms with Gasteiger partial charge in [-0.1, -0.05) is 6.07 Å². The molecular weight excluding hydrogens is 271 g/mol. The highest BCUT2D eigenvalue weighted by Gasteiger charge is 2.14. The molecule has 0 fully saturated rings. The third-order valence-corrected chi connectivity index (χ3v) is 2.56. The molecule has 0 amide bonds. The van der Waals surface area contributed by atoms with Gasteiger partial charge in [-0.15, -0.1) is 0 Å². The third-order valence-electron chi connectivity index (χ3n) is 2.56. The van der Waals surface area contributed by atoms with Crippen LogP contribution in [0.5, 0.6) is 0 Å². The SMILES string of the molecule is Nc1ccc(F)c(C(=O)OCc2ccc(F)c(F)c2)c1. The van der Waals surface area contributed by atoms with Crippen LogP contribution in [0.15, 0.2) is 36.4 Å². The Morgan fingerprint density at radius 2 is 1.70 bits per heavy atom. The average molecular weight is 281 g/mol. The molecule has 0 aliphatic heterocycles. The number of benzene rings is 2. The van der Waals surface area contributed by atoms with Crippen LogP contribution in [-0.4, -0.2) is 5.97 Å². The molecule has 20 heavy (non-hydrogen) atoms. The Morgan fingerprint density at radius 1 is 1.00 bits per heavy atom. The fraction of sp³-hybridized carbons (Fsp3) is 0.0714. The lowest BCUT2D eigenvalue weighted by Crippen LogP contribution is -2.08. The molecule has 0 aliphatic rings. The number of carbonyl (C=O) groups is 1. The highest BCUT2D eigenvalue weighted by Crippen LogP contribution is 2.15. The van der Waals surface area contributed by atoms with Crippen molar-refractivity contribution in [2.75, 3.05) is 5.73 Å². The number of anilines is 1. The number of carbonyl (C=O) groups excluding carboxylic acids is 1. The zero-order valence-corrected chi connectivity index (χ0v) is 10.2. The summed E-state index contributed by atoms with van der Waals surface area (Å²) in [6.07, 6.45) is 0. The molecule has 0 aromatic heterocycles. The first kappa shape index (κ1) is 13.9. The van der Waals surface area contributed by atoms with Gasteiger partial charge in [-0.05, 0) is 35.9 Å². The maximum absolute atomic E-state index is 13.4. The van der Waals surface area contributed by atoms with Crippen LogP contribution >= 0.6 is 0 Å². The molecule has 2 rings (SSSR count). The van der Waals surface area contributed by atoms with Crippen LogP contribution in [0.3, 0.4) is 0 Å². The lowest BCUT2D eigenvalue weighted by Gasteiger charge is -2.07. The number of nitrogens with two attached hydrogens (primary N) is 1. The van der Waals surface area contributed by atoms with Crippen LogP contribution in [0.25, 0.3) is 0 Å². The van der Waals surface area contributed by atoms with Gasteiger partial charge in [0, 0.05) is 5.69 Å². The van der Waals surface area contributed by atoms with Gasteiger partial charge in [0.1, 0.15) is 12.4 Å². The Kier molecular flexibility index (Phi) is 3.93. The molecule has 104 valence electrons. The second-order valence-electron chi connectivity index (χ2n) is 4.06. The number of hydrogen-bond donors (Lipinski definition) is 1. The minimum absolute atomic E-state index is 0.214. The topological polar surface area (TPSA) is 52.3 Å². The molecule has 0 atom stereocenters. The second kappa shape index (κ2) is 5.64. The maximum atomic E-state index is 13.4. The van der Waals surface area contributed by atoms with Crippen LogP contribution in [0.1, 0.15) is 15.9 Å². The maximum Gasteiger partial charge on any atom is 0.341 e. The van der Waals surface area contributed by atoms with Gasteiger partial charge in [0.05, 0.1) is 5.56 Å². The number of halogens is 3. The van der Waals surface area contributed by atoms with Gasteiger partial charge >= 0.3 is 5.97 Å². The summed E-state index contributed by atoms with van der Waals surface area (Å²) in [5.41, 5.74) is 5.60. The Balaban J connectivity index is 2.08. The molecule has 0 saturated carbocycles. The summed E-state index contributed by atoms with van der Waals surface area (Å²) in [6.45, 7) is -0.301. The van der Waals surface area contributed by atoms with Crippen LogP contribution in [0.2, 0.25) is 0 Å². The quantitative estimate of drug-likeness (QED) is 0.695. The lowest BCUT2D eigenvalue weighted by molar-refractivity contribution is 0.0467. The first-order valence-electron chi connectivity index (χ1n) is 5.63. The van der Waals surface area contributed by atoms with Crippen molar-refractivity contribution in [2.24, 2.45) is 0 Å². The highest BCUT2D eigenvalue weighted by atomic mass is 19.2. The standard InChI is InChI=1S/C14H10F3NO2/c15-11-4-2-9(18)6-10(11)14(19)20-7-8-1-3-12(16)13(17)5-8/h1-6H,7,18H2. The summed E-state index contributed by atoms with van der Waals surface area (Å²) in [5, 5.41) is 0. The van der Waals surface area contributed by atoms with E-state index in [2.05, 4.69) is 0 Å². The summed E-state index contributed by atoms with van der Waals surface area (Å²) in [7, 11) is 0. The number of hydrogen-bond acceptors (Lipinski definition) is 3. The molecule has 6 heteroatoms. The van der Waals surface area contributed by atoms with Crippen molar-refractivity contribution in [3.63, 3.8) is 0 Å². The monoisotopic (exact) mass is 281 g/mol. The third kappa shape index (κ3) is 3.09. The van der Waals surface area contributed by atoms with Crippen molar-refractivity contribution in [3.05, 3.63) is 65.0 Å². The summed E-state index contributed by atoms with van der Waals surface area (Å²) < 4.78 is 43.9. The van der Waals surface area contributed by atoms with E-state index in [0.717, 1.165) is 24.3 Å². The average Bonchev–Trinajstić information content (AvgIpc) is 2.42. The van der Waals surface area contributed by atoms with E-state index in [1.165, 1.54) is 12.1 Å². The number of rotatable bonds is 3. The predicted octanol–water partition coefficient (Wildman–Crippen LogP) is 3.04. The Bertz CT molecular complexity index is 659. The van der Waals surface area contributed by atoms with Gasteiger partial charge in [-0.3, -0.25) is 0 Å². The zero-order chi connectivity index (χ0) is 14.7. The Morgan fingerprint density at radius 3 is 2.40 bits per heavy atom. The highest BCUT2D eigenvalue weighted by molar-refractivity contribution is 5.90. The van der Waals surface area contributed by atoms with E-state index in [4.69, 9.17) is 10.5 Å². The van der Waals surface area contributed by atoms with Crippen molar-refractivity contribution < 1.29 is 22.7 Å². The lowest BCUT2D eigenvalue weighted by atomic mass is 10.2. The summed E-state index contributed by atoms with van der Waals surface area (Å²) in [6, 6.07) is 6.58. The van der Waals surface area contributed by atoms with Crippen LogP contribution in [0.4, 0.5) is 18.9 Å². The van der Waals surface area contributed by atoms with E-state index in [0.29, 0.717) is 0 Å². The van der Waals surface area contributed by atoms with Crippen molar-refractivity contribution in [1.82, 2.24) is 0 Å². The fourth-order valence-electron chi connectivity index (χ4n) is 1.56. The van der Waals surface area contributed by atoms with E-state index in [1.807, 2.05) is 0 Å². The zero-order valence-electron chi connectivity index (χ0n) is 10.2. The predicted molar refractivity (Wildman–Crippen MR) is 66.3 cm³/mol. The molecule has 0 saturated heterocycles. The molecule has 0 radical (unpaired) electrons. The van der Waals surface area contributed by atoms with E-state index >= 15 is 0 Å².